The Morgan fingerprint density at radius 2 is 2.37 bits per heavy atom. The first kappa shape index (κ1) is 12.7. The molecule has 0 aromatic heterocycles. The molecule has 19 heavy (non-hydrogen) atoms. The van der Waals surface area contributed by atoms with Crippen LogP contribution in [0, 0.1) is 0 Å². The van der Waals surface area contributed by atoms with Crippen LogP contribution in [0.1, 0.15) is 48.5 Å². The molecule has 3 heteroatoms. The van der Waals surface area contributed by atoms with E-state index in [0.29, 0.717) is 0 Å². The predicted molar refractivity (Wildman–Crippen MR) is 74.8 cm³/mol. The van der Waals surface area contributed by atoms with E-state index in [-0.39, 0.29) is 11.3 Å². The van der Waals surface area contributed by atoms with Gasteiger partial charge in [-0.15, -0.1) is 0 Å². The van der Waals surface area contributed by atoms with Crippen LogP contribution in [0.4, 0.5) is 0 Å². The molecule has 0 bridgehead atoms. The zero-order chi connectivity index (χ0) is 13.3. The Kier molecular flexibility index (Phi) is 3.31. The lowest BCUT2D eigenvalue weighted by atomic mass is 9.83. The smallest absolute Gasteiger partial charge is 0.182 e. The summed E-state index contributed by atoms with van der Waals surface area (Å²) in [5.74, 6) is 1.21. The first-order valence-electron chi connectivity index (χ1n) is 7.31. The highest BCUT2D eigenvalue weighted by molar-refractivity contribution is 6.03. The standard InChI is InChI=1S/C16H21NO2/c1-2-7-16(8-3-9-17-16)15(18)13-4-5-14-12(11-13)6-10-19-14/h4-5,11,17H,2-3,6-10H2,1H3. The Balaban J connectivity index is 1.90. The van der Waals surface area contributed by atoms with E-state index in [0.717, 1.165) is 56.6 Å². The van der Waals surface area contributed by atoms with Crippen molar-refractivity contribution < 1.29 is 9.53 Å². The van der Waals surface area contributed by atoms with Crippen molar-refractivity contribution in [2.24, 2.45) is 0 Å². The average Bonchev–Trinajstić information content (AvgIpc) is 3.06. The molecule has 0 aliphatic carbocycles. The molecule has 0 spiro atoms. The van der Waals surface area contributed by atoms with Gasteiger partial charge in [0.25, 0.3) is 0 Å². The van der Waals surface area contributed by atoms with E-state index in [2.05, 4.69) is 12.2 Å². The Labute approximate surface area is 114 Å². The van der Waals surface area contributed by atoms with Crippen molar-refractivity contribution in [3.8, 4) is 5.75 Å². The fourth-order valence-electron chi connectivity index (χ4n) is 3.36. The van der Waals surface area contributed by atoms with Crippen LogP contribution in [0.2, 0.25) is 0 Å². The summed E-state index contributed by atoms with van der Waals surface area (Å²) in [5, 5.41) is 3.46. The van der Waals surface area contributed by atoms with Crippen LogP contribution in [0.3, 0.4) is 0 Å². The second-order valence-corrected chi connectivity index (χ2v) is 5.61. The van der Waals surface area contributed by atoms with E-state index in [1.165, 1.54) is 5.56 Å². The molecule has 0 amide bonds. The van der Waals surface area contributed by atoms with Crippen molar-refractivity contribution in [3.63, 3.8) is 0 Å². The van der Waals surface area contributed by atoms with Crippen molar-refractivity contribution in [1.29, 1.82) is 0 Å². The van der Waals surface area contributed by atoms with Gasteiger partial charge in [-0.25, -0.2) is 0 Å². The van der Waals surface area contributed by atoms with Crippen molar-refractivity contribution >= 4 is 5.78 Å². The van der Waals surface area contributed by atoms with Gasteiger partial charge in [0.2, 0.25) is 0 Å². The van der Waals surface area contributed by atoms with Crippen LogP contribution >= 0.6 is 0 Å². The molecular formula is C16H21NO2. The molecule has 2 aliphatic heterocycles. The Morgan fingerprint density at radius 1 is 1.47 bits per heavy atom. The summed E-state index contributed by atoms with van der Waals surface area (Å²) in [7, 11) is 0. The molecule has 1 fully saturated rings. The zero-order valence-electron chi connectivity index (χ0n) is 11.5. The van der Waals surface area contributed by atoms with Gasteiger partial charge in [0, 0.05) is 12.0 Å². The number of fused-ring (bicyclic) bond motifs is 1. The lowest BCUT2D eigenvalue weighted by Gasteiger charge is -2.27. The van der Waals surface area contributed by atoms with Crippen molar-refractivity contribution in [2.75, 3.05) is 13.2 Å². The van der Waals surface area contributed by atoms with Crippen molar-refractivity contribution in [1.82, 2.24) is 5.32 Å². The van der Waals surface area contributed by atoms with Crippen molar-refractivity contribution in [2.45, 2.75) is 44.6 Å². The molecule has 1 aromatic rings. The molecule has 2 heterocycles. The molecule has 0 saturated carbocycles. The van der Waals surface area contributed by atoms with Gasteiger partial charge in [0.15, 0.2) is 5.78 Å². The summed E-state index contributed by atoms with van der Waals surface area (Å²) in [6, 6.07) is 5.90. The van der Waals surface area contributed by atoms with E-state index in [9.17, 15) is 4.79 Å². The van der Waals surface area contributed by atoms with Crippen LogP contribution in [0.5, 0.6) is 5.75 Å². The quantitative estimate of drug-likeness (QED) is 0.845. The minimum absolute atomic E-state index is 0.265. The Bertz CT molecular complexity index is 490. The summed E-state index contributed by atoms with van der Waals surface area (Å²) in [4.78, 5) is 12.9. The van der Waals surface area contributed by atoms with Crippen molar-refractivity contribution in [3.05, 3.63) is 29.3 Å². The normalized spacial score (nSPS) is 25.1. The molecule has 2 aliphatic rings. The van der Waals surface area contributed by atoms with Gasteiger partial charge < -0.3 is 10.1 Å². The highest BCUT2D eigenvalue weighted by Crippen LogP contribution is 2.32. The lowest BCUT2D eigenvalue weighted by molar-refractivity contribution is 0.0857. The largest absolute Gasteiger partial charge is 0.493 e. The van der Waals surface area contributed by atoms with Crippen LogP contribution in [0.15, 0.2) is 18.2 Å². The third-order valence-corrected chi connectivity index (χ3v) is 4.31. The highest BCUT2D eigenvalue weighted by Gasteiger charge is 2.40. The number of hydrogen-bond donors (Lipinski definition) is 1. The molecule has 1 aromatic carbocycles. The SMILES string of the molecule is CCCC1(C(=O)c2ccc3c(c2)CCO3)CCCN1. The van der Waals surface area contributed by atoms with Crippen LogP contribution in [-0.4, -0.2) is 24.5 Å². The van der Waals surface area contributed by atoms with E-state index in [4.69, 9.17) is 4.74 Å². The molecule has 102 valence electrons. The van der Waals surface area contributed by atoms with Gasteiger partial charge in [0.1, 0.15) is 5.75 Å². The minimum atomic E-state index is -0.317. The number of Topliss-reactive ketones (excluding diaryl/α,β-unsaturated/α-hetero) is 1. The number of ketones is 1. The van der Waals surface area contributed by atoms with Crippen LogP contribution in [0.25, 0.3) is 0 Å². The Morgan fingerprint density at radius 3 is 3.11 bits per heavy atom. The maximum atomic E-state index is 12.9. The number of nitrogens with one attached hydrogen (secondary N) is 1. The second kappa shape index (κ2) is 4.97. The highest BCUT2D eigenvalue weighted by atomic mass is 16.5. The van der Waals surface area contributed by atoms with E-state index < -0.39 is 0 Å². The maximum absolute atomic E-state index is 12.9. The lowest BCUT2D eigenvalue weighted by Crippen LogP contribution is -2.47. The predicted octanol–water partition coefficient (Wildman–Crippen LogP) is 2.73. The first-order chi connectivity index (χ1) is 9.25. The number of rotatable bonds is 4. The second-order valence-electron chi connectivity index (χ2n) is 5.61. The average molecular weight is 259 g/mol. The molecule has 3 rings (SSSR count). The number of carbonyl (C=O) groups excluding carboxylic acids is 1. The molecule has 1 unspecified atom stereocenters. The molecule has 1 saturated heterocycles. The van der Waals surface area contributed by atoms with Gasteiger partial charge in [0.05, 0.1) is 12.1 Å². The van der Waals surface area contributed by atoms with Gasteiger partial charge in [-0.3, -0.25) is 4.79 Å². The summed E-state index contributed by atoms with van der Waals surface area (Å²) >= 11 is 0. The third-order valence-electron chi connectivity index (χ3n) is 4.31. The maximum Gasteiger partial charge on any atom is 0.182 e. The van der Waals surface area contributed by atoms with Crippen LogP contribution < -0.4 is 10.1 Å². The van der Waals surface area contributed by atoms with Gasteiger partial charge in [-0.1, -0.05) is 13.3 Å². The zero-order valence-corrected chi connectivity index (χ0v) is 11.5. The number of benzene rings is 1. The van der Waals surface area contributed by atoms with E-state index in [1.807, 2.05) is 18.2 Å². The molecular weight excluding hydrogens is 238 g/mol. The first-order valence-corrected chi connectivity index (χ1v) is 7.31. The fraction of sp³-hybridized carbons (Fsp3) is 0.562. The van der Waals surface area contributed by atoms with Gasteiger partial charge in [-0.2, -0.15) is 0 Å². The fourth-order valence-corrected chi connectivity index (χ4v) is 3.36. The third kappa shape index (κ3) is 2.16. The van der Waals surface area contributed by atoms with Crippen LogP contribution in [-0.2, 0) is 6.42 Å². The number of ether oxygens (including phenoxy) is 1. The van der Waals surface area contributed by atoms with Gasteiger partial charge >= 0.3 is 0 Å². The number of carbonyl (C=O) groups is 1. The number of hydrogen-bond acceptors (Lipinski definition) is 3. The summed E-state index contributed by atoms with van der Waals surface area (Å²) in [6.07, 6.45) is 4.95. The minimum Gasteiger partial charge on any atom is -0.493 e. The molecule has 3 nitrogen and oxygen atoms in total. The topological polar surface area (TPSA) is 38.3 Å². The van der Waals surface area contributed by atoms with Gasteiger partial charge in [-0.05, 0) is 49.6 Å². The summed E-state index contributed by atoms with van der Waals surface area (Å²) in [5.41, 5.74) is 1.70. The molecule has 0 radical (unpaired) electrons. The monoisotopic (exact) mass is 259 g/mol. The Hall–Kier alpha value is -1.35. The molecule has 1 atom stereocenters. The summed E-state index contributed by atoms with van der Waals surface area (Å²) < 4.78 is 5.50. The molecule has 1 N–H and O–H groups in total. The van der Waals surface area contributed by atoms with E-state index >= 15 is 0 Å². The summed E-state index contributed by atoms with van der Waals surface area (Å²) in [6.45, 7) is 3.84. The van der Waals surface area contributed by atoms with E-state index in [1.54, 1.807) is 0 Å².